The zero-order chi connectivity index (χ0) is 16.7. The van der Waals surface area contributed by atoms with Crippen LogP contribution in [0.25, 0.3) is 0 Å². The van der Waals surface area contributed by atoms with Crippen molar-refractivity contribution in [3.8, 4) is 0 Å². The average molecular weight is 311 g/mol. The molecular weight excluding hydrogens is 286 g/mol. The second kappa shape index (κ2) is 8.49. The van der Waals surface area contributed by atoms with E-state index in [1.165, 1.54) is 18.2 Å². The lowest BCUT2D eigenvalue weighted by molar-refractivity contribution is 0.0600. The van der Waals surface area contributed by atoms with E-state index in [1.54, 1.807) is 0 Å². The second-order valence-corrected chi connectivity index (χ2v) is 5.93. The minimum Gasteiger partial charge on any atom is -0.465 e. The molecule has 0 aliphatic rings. The molecule has 0 aliphatic carbocycles. The van der Waals surface area contributed by atoms with Crippen LogP contribution in [-0.4, -0.2) is 19.1 Å². The summed E-state index contributed by atoms with van der Waals surface area (Å²) in [7, 11) is 1.40. The number of benzene rings is 2. The molecule has 0 aliphatic heterocycles. The molecule has 0 amide bonds. The summed E-state index contributed by atoms with van der Waals surface area (Å²) in [5, 5.41) is 3.63. The third-order valence-electron chi connectivity index (χ3n) is 4.08. The SMILES string of the molecule is COC(=O)c1ccc(CCC(C)N[C@@H](C)c2ccccc2)cc1. The van der Waals surface area contributed by atoms with Crippen LogP contribution in [0, 0.1) is 0 Å². The molecule has 3 nitrogen and oxygen atoms in total. The highest BCUT2D eigenvalue weighted by atomic mass is 16.5. The maximum atomic E-state index is 11.4. The largest absolute Gasteiger partial charge is 0.465 e. The Morgan fingerprint density at radius 3 is 2.30 bits per heavy atom. The fourth-order valence-electron chi connectivity index (χ4n) is 2.66. The first-order valence-electron chi connectivity index (χ1n) is 8.08. The Morgan fingerprint density at radius 2 is 1.70 bits per heavy atom. The maximum absolute atomic E-state index is 11.4. The average Bonchev–Trinajstić information content (AvgIpc) is 2.60. The number of methoxy groups -OCH3 is 1. The van der Waals surface area contributed by atoms with Gasteiger partial charge in [0, 0.05) is 12.1 Å². The summed E-state index contributed by atoms with van der Waals surface area (Å²) in [6, 6.07) is 18.9. The molecule has 2 aromatic rings. The Morgan fingerprint density at radius 1 is 1.04 bits per heavy atom. The molecule has 2 aromatic carbocycles. The summed E-state index contributed by atoms with van der Waals surface area (Å²) in [4.78, 5) is 11.4. The van der Waals surface area contributed by atoms with Crippen molar-refractivity contribution < 1.29 is 9.53 Å². The zero-order valence-corrected chi connectivity index (χ0v) is 14.1. The van der Waals surface area contributed by atoms with Gasteiger partial charge in [-0.25, -0.2) is 4.79 Å². The summed E-state index contributed by atoms with van der Waals surface area (Å²) < 4.78 is 4.71. The molecule has 0 aromatic heterocycles. The van der Waals surface area contributed by atoms with E-state index in [0.717, 1.165) is 12.8 Å². The summed E-state index contributed by atoms with van der Waals surface area (Å²) in [5.41, 5.74) is 3.14. The first-order chi connectivity index (χ1) is 11.1. The van der Waals surface area contributed by atoms with Gasteiger partial charge in [-0.15, -0.1) is 0 Å². The molecule has 0 spiro atoms. The van der Waals surface area contributed by atoms with Crippen molar-refractivity contribution in [3.05, 3.63) is 71.3 Å². The van der Waals surface area contributed by atoms with Gasteiger partial charge in [0.05, 0.1) is 12.7 Å². The predicted octanol–water partition coefficient (Wildman–Crippen LogP) is 4.15. The minimum absolute atomic E-state index is 0.289. The van der Waals surface area contributed by atoms with E-state index in [4.69, 9.17) is 4.74 Å². The van der Waals surface area contributed by atoms with Gasteiger partial charge in [0.1, 0.15) is 0 Å². The van der Waals surface area contributed by atoms with Gasteiger partial charge in [0.2, 0.25) is 0 Å². The van der Waals surface area contributed by atoms with E-state index in [-0.39, 0.29) is 5.97 Å². The number of carbonyl (C=O) groups excluding carboxylic acids is 1. The Kier molecular flexibility index (Phi) is 6.36. The van der Waals surface area contributed by atoms with Crippen LogP contribution in [0.2, 0.25) is 0 Å². The van der Waals surface area contributed by atoms with Crippen LogP contribution in [-0.2, 0) is 11.2 Å². The monoisotopic (exact) mass is 311 g/mol. The molecule has 1 N–H and O–H groups in total. The number of ether oxygens (including phenoxy) is 1. The van der Waals surface area contributed by atoms with Crippen LogP contribution < -0.4 is 5.32 Å². The normalized spacial score (nSPS) is 13.3. The van der Waals surface area contributed by atoms with Crippen LogP contribution in [0.1, 0.15) is 47.8 Å². The van der Waals surface area contributed by atoms with Crippen LogP contribution in [0.3, 0.4) is 0 Å². The fraction of sp³-hybridized carbons (Fsp3) is 0.350. The summed E-state index contributed by atoms with van der Waals surface area (Å²) >= 11 is 0. The number of carbonyl (C=O) groups is 1. The topological polar surface area (TPSA) is 38.3 Å². The number of aryl methyl sites for hydroxylation is 1. The molecule has 0 heterocycles. The van der Waals surface area contributed by atoms with E-state index in [1.807, 2.05) is 30.3 Å². The third-order valence-corrected chi connectivity index (χ3v) is 4.08. The highest BCUT2D eigenvalue weighted by Gasteiger charge is 2.10. The lowest BCUT2D eigenvalue weighted by Gasteiger charge is -2.20. The molecule has 3 heteroatoms. The molecule has 2 rings (SSSR count). The second-order valence-electron chi connectivity index (χ2n) is 5.93. The Hall–Kier alpha value is -2.13. The van der Waals surface area contributed by atoms with Gasteiger partial charge < -0.3 is 10.1 Å². The van der Waals surface area contributed by atoms with Gasteiger partial charge in [0.15, 0.2) is 0 Å². The lowest BCUT2D eigenvalue weighted by atomic mass is 10.0. The van der Waals surface area contributed by atoms with Crippen molar-refractivity contribution in [2.24, 2.45) is 0 Å². The standard InChI is InChI=1S/C20H25NO2/c1-15(21-16(2)18-7-5-4-6-8-18)9-10-17-11-13-19(14-12-17)20(22)23-3/h4-8,11-16,21H,9-10H2,1-3H3/t15?,16-/m0/s1. The van der Waals surface area contributed by atoms with Gasteiger partial charge in [-0.2, -0.15) is 0 Å². The van der Waals surface area contributed by atoms with Gasteiger partial charge in [0.25, 0.3) is 0 Å². The van der Waals surface area contributed by atoms with Crippen LogP contribution >= 0.6 is 0 Å². The third kappa shape index (κ3) is 5.22. The van der Waals surface area contributed by atoms with E-state index < -0.39 is 0 Å². The van der Waals surface area contributed by atoms with E-state index in [2.05, 4.69) is 43.4 Å². The molecule has 122 valence electrons. The van der Waals surface area contributed by atoms with E-state index in [9.17, 15) is 4.79 Å². The molecule has 0 radical (unpaired) electrons. The number of esters is 1. The van der Waals surface area contributed by atoms with Gasteiger partial charge in [-0.1, -0.05) is 42.5 Å². The first kappa shape index (κ1) is 17.2. The molecule has 0 saturated carbocycles. The maximum Gasteiger partial charge on any atom is 0.337 e. The van der Waals surface area contributed by atoms with E-state index in [0.29, 0.717) is 17.6 Å². The molecule has 1 unspecified atom stereocenters. The summed E-state index contributed by atoms with van der Waals surface area (Å²) in [6.45, 7) is 4.40. The fourth-order valence-corrected chi connectivity index (χ4v) is 2.66. The Bertz CT molecular complexity index is 607. The highest BCUT2D eigenvalue weighted by Crippen LogP contribution is 2.14. The van der Waals surface area contributed by atoms with Crippen molar-refractivity contribution in [1.29, 1.82) is 0 Å². The molecular formula is C20H25NO2. The van der Waals surface area contributed by atoms with Crippen molar-refractivity contribution in [2.45, 2.75) is 38.8 Å². The number of rotatable bonds is 7. The van der Waals surface area contributed by atoms with Crippen LogP contribution in [0.5, 0.6) is 0 Å². The number of hydrogen-bond donors (Lipinski definition) is 1. The summed E-state index contributed by atoms with van der Waals surface area (Å²) in [5.74, 6) is -0.289. The Labute approximate surface area is 138 Å². The minimum atomic E-state index is -0.289. The molecule has 0 bridgehead atoms. The van der Waals surface area contributed by atoms with Gasteiger partial charge in [-0.3, -0.25) is 0 Å². The molecule has 2 atom stereocenters. The highest BCUT2D eigenvalue weighted by molar-refractivity contribution is 5.89. The van der Waals surface area contributed by atoms with Gasteiger partial charge in [-0.05, 0) is 49.9 Å². The molecule has 0 saturated heterocycles. The quantitative estimate of drug-likeness (QED) is 0.781. The number of hydrogen-bond acceptors (Lipinski definition) is 3. The lowest BCUT2D eigenvalue weighted by Crippen LogP contribution is -2.29. The van der Waals surface area contributed by atoms with E-state index >= 15 is 0 Å². The molecule has 0 fully saturated rings. The van der Waals surface area contributed by atoms with Crippen LogP contribution in [0.4, 0.5) is 0 Å². The Balaban J connectivity index is 1.82. The smallest absolute Gasteiger partial charge is 0.337 e. The van der Waals surface area contributed by atoms with Crippen molar-refractivity contribution >= 4 is 5.97 Å². The van der Waals surface area contributed by atoms with Crippen molar-refractivity contribution in [3.63, 3.8) is 0 Å². The number of nitrogens with one attached hydrogen (secondary N) is 1. The molecule has 23 heavy (non-hydrogen) atoms. The zero-order valence-electron chi connectivity index (χ0n) is 14.1. The summed E-state index contributed by atoms with van der Waals surface area (Å²) in [6.07, 6.45) is 2.03. The van der Waals surface area contributed by atoms with Gasteiger partial charge >= 0.3 is 5.97 Å². The predicted molar refractivity (Wildman–Crippen MR) is 93.6 cm³/mol. The van der Waals surface area contributed by atoms with Crippen molar-refractivity contribution in [2.75, 3.05) is 7.11 Å². The first-order valence-corrected chi connectivity index (χ1v) is 8.08. The van der Waals surface area contributed by atoms with Crippen molar-refractivity contribution in [1.82, 2.24) is 5.32 Å². The van der Waals surface area contributed by atoms with Crippen LogP contribution in [0.15, 0.2) is 54.6 Å².